The predicted molar refractivity (Wildman–Crippen MR) is 69.1 cm³/mol. The van der Waals surface area contributed by atoms with Gasteiger partial charge in [-0.05, 0) is 51.0 Å². The SMILES string of the molecule is CCCC1CC1n1c(C)cc2c1CCCC2O. The van der Waals surface area contributed by atoms with Crippen LogP contribution in [0.4, 0.5) is 0 Å². The van der Waals surface area contributed by atoms with Gasteiger partial charge < -0.3 is 9.67 Å². The highest BCUT2D eigenvalue weighted by atomic mass is 16.3. The Morgan fingerprint density at radius 2 is 2.29 bits per heavy atom. The van der Waals surface area contributed by atoms with Crippen molar-refractivity contribution in [3.63, 3.8) is 0 Å². The number of aliphatic hydroxyl groups excluding tert-OH is 1. The summed E-state index contributed by atoms with van der Waals surface area (Å²) in [4.78, 5) is 0. The van der Waals surface area contributed by atoms with Crippen LogP contribution >= 0.6 is 0 Å². The zero-order valence-electron chi connectivity index (χ0n) is 10.9. The van der Waals surface area contributed by atoms with Crippen molar-refractivity contribution >= 4 is 0 Å². The average Bonchev–Trinajstić information content (AvgIpc) is 2.94. The highest BCUT2D eigenvalue weighted by molar-refractivity contribution is 5.33. The van der Waals surface area contributed by atoms with E-state index >= 15 is 0 Å². The highest BCUT2D eigenvalue weighted by Gasteiger charge is 2.40. The van der Waals surface area contributed by atoms with Gasteiger partial charge in [-0.1, -0.05) is 13.3 Å². The van der Waals surface area contributed by atoms with Crippen LogP contribution in [0.25, 0.3) is 0 Å². The average molecular weight is 233 g/mol. The van der Waals surface area contributed by atoms with Crippen molar-refractivity contribution in [2.24, 2.45) is 5.92 Å². The molecule has 2 aliphatic rings. The lowest BCUT2D eigenvalue weighted by Gasteiger charge is -2.20. The summed E-state index contributed by atoms with van der Waals surface area (Å²) in [6.07, 6.45) is 7.05. The van der Waals surface area contributed by atoms with Crippen LogP contribution in [0.15, 0.2) is 6.07 Å². The number of aromatic nitrogens is 1. The molecule has 2 nitrogen and oxygen atoms in total. The normalized spacial score (nSPS) is 31.4. The smallest absolute Gasteiger partial charge is 0.0807 e. The molecule has 0 aromatic carbocycles. The van der Waals surface area contributed by atoms with E-state index in [0.29, 0.717) is 0 Å². The van der Waals surface area contributed by atoms with E-state index in [9.17, 15) is 5.11 Å². The molecule has 0 radical (unpaired) electrons. The Hall–Kier alpha value is -0.760. The molecule has 0 bridgehead atoms. The molecular weight excluding hydrogens is 210 g/mol. The molecule has 3 atom stereocenters. The molecule has 0 aliphatic heterocycles. The summed E-state index contributed by atoms with van der Waals surface area (Å²) in [5.74, 6) is 0.897. The molecular formula is C15H23NO. The Morgan fingerprint density at radius 3 is 3.06 bits per heavy atom. The van der Waals surface area contributed by atoms with E-state index in [4.69, 9.17) is 0 Å². The number of hydrogen-bond donors (Lipinski definition) is 1. The molecule has 2 heteroatoms. The largest absolute Gasteiger partial charge is 0.388 e. The van der Waals surface area contributed by atoms with Crippen LogP contribution in [0.3, 0.4) is 0 Å². The third-order valence-electron chi connectivity index (χ3n) is 4.49. The van der Waals surface area contributed by atoms with E-state index in [1.807, 2.05) is 0 Å². The molecule has 3 rings (SSSR count). The first kappa shape index (κ1) is 11.3. The quantitative estimate of drug-likeness (QED) is 0.849. The van der Waals surface area contributed by atoms with E-state index in [2.05, 4.69) is 24.5 Å². The molecule has 1 heterocycles. The number of hydrogen-bond acceptors (Lipinski definition) is 1. The molecule has 0 amide bonds. The van der Waals surface area contributed by atoms with Crippen LogP contribution in [0, 0.1) is 12.8 Å². The molecule has 94 valence electrons. The number of nitrogens with zero attached hydrogens (tertiary/aromatic N) is 1. The second kappa shape index (κ2) is 4.16. The maximum absolute atomic E-state index is 10.1. The number of rotatable bonds is 3. The van der Waals surface area contributed by atoms with Gasteiger partial charge in [0.25, 0.3) is 0 Å². The first-order valence-electron chi connectivity index (χ1n) is 7.11. The van der Waals surface area contributed by atoms with Crippen LogP contribution < -0.4 is 0 Å². The Labute approximate surface area is 104 Å². The van der Waals surface area contributed by atoms with Gasteiger partial charge in [-0.3, -0.25) is 0 Å². The second-order valence-corrected chi connectivity index (χ2v) is 5.82. The summed E-state index contributed by atoms with van der Waals surface area (Å²) in [6.45, 7) is 4.48. The van der Waals surface area contributed by atoms with Gasteiger partial charge >= 0.3 is 0 Å². The van der Waals surface area contributed by atoms with Gasteiger partial charge in [0.05, 0.1) is 6.10 Å². The third kappa shape index (κ3) is 1.83. The van der Waals surface area contributed by atoms with Gasteiger partial charge in [-0.2, -0.15) is 0 Å². The standard InChI is InChI=1S/C15H23NO/c1-3-5-11-9-14(11)16-10(2)8-12-13(16)6-4-7-15(12)17/h8,11,14-15,17H,3-7,9H2,1-2H3. The van der Waals surface area contributed by atoms with E-state index in [-0.39, 0.29) is 6.10 Å². The van der Waals surface area contributed by atoms with Crippen molar-refractivity contribution in [2.75, 3.05) is 0 Å². The molecule has 2 aliphatic carbocycles. The predicted octanol–water partition coefficient (Wildman–Crippen LogP) is 3.53. The second-order valence-electron chi connectivity index (χ2n) is 5.82. The third-order valence-corrected chi connectivity index (χ3v) is 4.49. The van der Waals surface area contributed by atoms with Crippen LogP contribution in [-0.2, 0) is 6.42 Å². The minimum absolute atomic E-state index is 0.206. The van der Waals surface area contributed by atoms with Crippen molar-refractivity contribution in [3.05, 3.63) is 23.0 Å². The minimum atomic E-state index is -0.206. The lowest BCUT2D eigenvalue weighted by molar-refractivity contribution is 0.155. The number of aryl methyl sites for hydroxylation is 1. The van der Waals surface area contributed by atoms with E-state index in [1.165, 1.54) is 36.2 Å². The summed E-state index contributed by atoms with van der Waals surface area (Å²) < 4.78 is 2.54. The van der Waals surface area contributed by atoms with Crippen LogP contribution in [0.5, 0.6) is 0 Å². The molecule has 0 spiro atoms. The van der Waals surface area contributed by atoms with Gasteiger partial charge in [0, 0.05) is 23.0 Å². The Morgan fingerprint density at radius 1 is 1.47 bits per heavy atom. The first-order valence-corrected chi connectivity index (χ1v) is 7.11. The van der Waals surface area contributed by atoms with Gasteiger partial charge in [-0.15, -0.1) is 0 Å². The lowest BCUT2D eigenvalue weighted by Crippen LogP contribution is -2.12. The zero-order valence-corrected chi connectivity index (χ0v) is 10.9. The zero-order chi connectivity index (χ0) is 12.0. The van der Waals surface area contributed by atoms with E-state index < -0.39 is 0 Å². The summed E-state index contributed by atoms with van der Waals surface area (Å²) in [5, 5.41) is 10.1. The van der Waals surface area contributed by atoms with Gasteiger partial charge in [0.15, 0.2) is 0 Å². The Kier molecular flexibility index (Phi) is 2.78. The molecule has 1 N–H and O–H groups in total. The maximum atomic E-state index is 10.1. The minimum Gasteiger partial charge on any atom is -0.388 e. The van der Waals surface area contributed by atoms with Crippen molar-refractivity contribution < 1.29 is 5.11 Å². The van der Waals surface area contributed by atoms with Crippen LogP contribution in [-0.4, -0.2) is 9.67 Å². The molecule has 1 saturated carbocycles. The van der Waals surface area contributed by atoms with Crippen LogP contribution in [0.2, 0.25) is 0 Å². The van der Waals surface area contributed by atoms with Crippen molar-refractivity contribution in [2.45, 2.75) is 64.5 Å². The Balaban J connectivity index is 1.90. The van der Waals surface area contributed by atoms with Gasteiger partial charge in [-0.25, -0.2) is 0 Å². The van der Waals surface area contributed by atoms with Crippen molar-refractivity contribution in [3.8, 4) is 0 Å². The Bertz CT molecular complexity index is 421. The highest BCUT2D eigenvalue weighted by Crippen LogP contribution is 2.49. The molecule has 1 fully saturated rings. The molecule has 1 aromatic rings. The fourth-order valence-electron chi connectivity index (χ4n) is 3.59. The topological polar surface area (TPSA) is 25.2 Å². The van der Waals surface area contributed by atoms with E-state index in [0.717, 1.165) is 31.2 Å². The number of aliphatic hydroxyl groups is 1. The van der Waals surface area contributed by atoms with Crippen molar-refractivity contribution in [1.82, 2.24) is 4.57 Å². The summed E-state index contributed by atoms with van der Waals surface area (Å²) >= 11 is 0. The first-order chi connectivity index (χ1) is 8.22. The lowest BCUT2D eigenvalue weighted by atomic mass is 9.95. The van der Waals surface area contributed by atoms with E-state index in [1.54, 1.807) is 0 Å². The molecule has 3 unspecified atom stereocenters. The molecule has 17 heavy (non-hydrogen) atoms. The van der Waals surface area contributed by atoms with Gasteiger partial charge in [0.2, 0.25) is 0 Å². The van der Waals surface area contributed by atoms with Crippen molar-refractivity contribution in [1.29, 1.82) is 0 Å². The fraction of sp³-hybridized carbons (Fsp3) is 0.733. The number of fused-ring (bicyclic) bond motifs is 1. The maximum Gasteiger partial charge on any atom is 0.0807 e. The van der Waals surface area contributed by atoms with Gasteiger partial charge in [0.1, 0.15) is 0 Å². The summed E-state index contributed by atoms with van der Waals surface area (Å²) in [5.41, 5.74) is 4.01. The monoisotopic (exact) mass is 233 g/mol. The molecule has 0 saturated heterocycles. The molecule has 1 aromatic heterocycles. The van der Waals surface area contributed by atoms with Crippen LogP contribution in [0.1, 0.15) is 68.1 Å². The fourth-order valence-corrected chi connectivity index (χ4v) is 3.59. The summed E-state index contributed by atoms with van der Waals surface area (Å²) in [6, 6.07) is 2.96. The summed E-state index contributed by atoms with van der Waals surface area (Å²) in [7, 11) is 0.